The van der Waals surface area contributed by atoms with Gasteiger partial charge in [-0.1, -0.05) is 11.6 Å². The van der Waals surface area contributed by atoms with Crippen LogP contribution in [0.1, 0.15) is 6.42 Å². The van der Waals surface area contributed by atoms with E-state index in [4.69, 9.17) is 44.8 Å². The van der Waals surface area contributed by atoms with E-state index in [0.717, 1.165) is 0 Å². The lowest BCUT2D eigenvalue weighted by atomic mass is 9.90. The molecule has 0 aromatic heterocycles. The fourth-order valence-corrected chi connectivity index (χ4v) is 5.27. The predicted octanol–water partition coefficient (Wildman–Crippen LogP) is 3.96. The Labute approximate surface area is 87.0 Å². The highest BCUT2D eigenvalue weighted by Crippen LogP contribution is 2.65. The number of alkyl halides is 4. The standard InChI is InChI=1S/C4H3Cl4F3Si/c5-4(11)2(12(6,7)8)1-3(4,9)10/h2H,1H2. The summed E-state index contributed by atoms with van der Waals surface area (Å²) in [5, 5.41) is -3.18. The number of hydrogen-bond acceptors (Lipinski definition) is 0. The fraction of sp³-hybridized carbons (Fsp3) is 1.00. The summed E-state index contributed by atoms with van der Waals surface area (Å²) in [6.45, 7) is 0. The maximum absolute atomic E-state index is 12.9. The first-order valence-electron chi connectivity index (χ1n) is 2.91. The van der Waals surface area contributed by atoms with Gasteiger partial charge >= 0.3 is 6.00 Å². The molecule has 1 aliphatic rings. The molecule has 0 radical (unpaired) electrons. The number of halogens is 7. The Balaban J connectivity index is 2.80. The lowest BCUT2D eigenvalue weighted by molar-refractivity contribution is -0.166. The van der Waals surface area contributed by atoms with Gasteiger partial charge in [-0.25, -0.2) is 13.2 Å². The van der Waals surface area contributed by atoms with Gasteiger partial charge in [0.05, 0.1) is 5.54 Å². The van der Waals surface area contributed by atoms with E-state index in [1.165, 1.54) is 0 Å². The molecule has 0 bridgehead atoms. The Kier molecular flexibility index (Phi) is 2.65. The zero-order chi connectivity index (χ0) is 9.78. The Morgan fingerprint density at radius 3 is 1.67 bits per heavy atom. The fourth-order valence-electron chi connectivity index (χ4n) is 0.966. The number of hydrogen-bond donors (Lipinski definition) is 0. The van der Waals surface area contributed by atoms with Crippen LogP contribution in [0, 0.1) is 0 Å². The van der Waals surface area contributed by atoms with Crippen molar-refractivity contribution in [1.29, 1.82) is 0 Å². The van der Waals surface area contributed by atoms with Gasteiger partial charge in [0.15, 0.2) is 0 Å². The van der Waals surface area contributed by atoms with Gasteiger partial charge in [0.1, 0.15) is 0 Å². The van der Waals surface area contributed by atoms with Crippen LogP contribution in [-0.4, -0.2) is 17.1 Å². The van der Waals surface area contributed by atoms with Crippen LogP contribution in [0.15, 0.2) is 0 Å². The first-order chi connectivity index (χ1) is 5.09. The van der Waals surface area contributed by atoms with Crippen LogP contribution in [0.4, 0.5) is 13.2 Å². The van der Waals surface area contributed by atoms with Gasteiger partial charge in [-0.2, -0.15) is 0 Å². The third-order valence-electron chi connectivity index (χ3n) is 1.78. The summed E-state index contributed by atoms with van der Waals surface area (Å²) in [7, 11) is 0. The third kappa shape index (κ3) is 1.56. The SMILES string of the molecule is FC1(F)CC([Si](Cl)(Cl)Cl)C1(F)Cl. The molecule has 1 fully saturated rings. The minimum Gasteiger partial charge on any atom is -0.219 e. The van der Waals surface area contributed by atoms with Crippen molar-refractivity contribution in [3.63, 3.8) is 0 Å². The second-order valence-electron chi connectivity index (χ2n) is 2.63. The molecule has 12 heavy (non-hydrogen) atoms. The molecule has 0 saturated heterocycles. The van der Waals surface area contributed by atoms with Crippen LogP contribution in [-0.2, 0) is 0 Å². The van der Waals surface area contributed by atoms with Gasteiger partial charge in [-0.3, -0.25) is 0 Å². The molecule has 8 heteroatoms. The summed E-state index contributed by atoms with van der Waals surface area (Å²) in [6.07, 6.45) is -0.782. The molecule has 2 unspecified atom stereocenters. The van der Waals surface area contributed by atoms with Crippen LogP contribution in [0.2, 0.25) is 5.54 Å². The van der Waals surface area contributed by atoms with E-state index in [1.807, 2.05) is 0 Å². The Morgan fingerprint density at radius 1 is 1.17 bits per heavy atom. The zero-order valence-corrected chi connectivity index (χ0v) is 9.45. The first kappa shape index (κ1) is 11.2. The summed E-state index contributed by atoms with van der Waals surface area (Å²) in [4.78, 5) is 0. The van der Waals surface area contributed by atoms with Crippen molar-refractivity contribution in [1.82, 2.24) is 0 Å². The van der Waals surface area contributed by atoms with Crippen molar-refractivity contribution in [3.05, 3.63) is 0 Å². The smallest absolute Gasteiger partial charge is 0.219 e. The van der Waals surface area contributed by atoms with Crippen molar-refractivity contribution >= 4 is 50.8 Å². The highest BCUT2D eigenvalue weighted by molar-refractivity contribution is 7.65. The van der Waals surface area contributed by atoms with E-state index in [1.54, 1.807) is 0 Å². The largest absolute Gasteiger partial charge is 0.349 e. The number of rotatable bonds is 1. The lowest BCUT2D eigenvalue weighted by Gasteiger charge is -2.47. The molecule has 72 valence electrons. The molecule has 1 rings (SSSR count). The second-order valence-corrected chi connectivity index (χ2v) is 12.1. The van der Waals surface area contributed by atoms with Gasteiger partial charge in [-0.15, -0.1) is 33.2 Å². The quantitative estimate of drug-likeness (QED) is 0.387. The Morgan fingerprint density at radius 2 is 1.58 bits per heavy atom. The summed E-state index contributed by atoms with van der Waals surface area (Å²) in [5.41, 5.74) is -1.33. The third-order valence-corrected chi connectivity index (χ3v) is 6.27. The monoisotopic (exact) mass is 276 g/mol. The molecular weight excluding hydrogens is 275 g/mol. The van der Waals surface area contributed by atoms with Crippen LogP contribution in [0.5, 0.6) is 0 Å². The van der Waals surface area contributed by atoms with Gasteiger partial charge in [-0.05, 0) is 0 Å². The van der Waals surface area contributed by atoms with Crippen molar-refractivity contribution in [2.24, 2.45) is 0 Å². The molecule has 0 nitrogen and oxygen atoms in total. The van der Waals surface area contributed by atoms with Crippen molar-refractivity contribution in [2.75, 3.05) is 0 Å². The van der Waals surface area contributed by atoms with E-state index in [0.29, 0.717) is 0 Å². The molecule has 0 spiro atoms. The van der Waals surface area contributed by atoms with Crippen LogP contribution in [0.3, 0.4) is 0 Å². The second kappa shape index (κ2) is 2.83. The van der Waals surface area contributed by atoms with E-state index < -0.39 is 29.0 Å². The molecular formula is C4H3Cl4F3Si. The molecule has 0 aromatic rings. The summed E-state index contributed by atoms with van der Waals surface area (Å²) in [6, 6.07) is -3.47. The van der Waals surface area contributed by atoms with Crippen LogP contribution < -0.4 is 0 Å². The predicted molar refractivity (Wildman–Crippen MR) is 46.3 cm³/mol. The van der Waals surface area contributed by atoms with E-state index in [2.05, 4.69) is 0 Å². The molecule has 0 N–H and O–H groups in total. The van der Waals surface area contributed by atoms with Gasteiger partial charge in [0.25, 0.3) is 5.92 Å². The highest BCUT2D eigenvalue weighted by Gasteiger charge is 2.75. The minimum atomic E-state index is -3.57. The molecule has 2 atom stereocenters. The van der Waals surface area contributed by atoms with Crippen molar-refractivity contribution < 1.29 is 13.2 Å². The van der Waals surface area contributed by atoms with E-state index >= 15 is 0 Å². The average molecular weight is 278 g/mol. The maximum atomic E-state index is 12.9. The minimum absolute atomic E-state index is 0.782. The Bertz CT molecular complexity index is 201. The normalized spacial score (nSPS) is 40.8. The molecule has 0 heterocycles. The van der Waals surface area contributed by atoms with E-state index in [-0.39, 0.29) is 0 Å². The summed E-state index contributed by atoms with van der Waals surface area (Å²) < 4.78 is 37.8. The van der Waals surface area contributed by atoms with Crippen molar-refractivity contribution in [3.8, 4) is 0 Å². The summed E-state index contributed by atoms with van der Waals surface area (Å²) in [5.74, 6) is -3.57. The van der Waals surface area contributed by atoms with Crippen LogP contribution >= 0.6 is 44.8 Å². The lowest BCUT2D eigenvalue weighted by Crippen LogP contribution is -2.59. The molecule has 0 aliphatic heterocycles. The zero-order valence-electron chi connectivity index (χ0n) is 5.43. The highest BCUT2D eigenvalue weighted by atomic mass is 35.8. The first-order valence-corrected chi connectivity index (χ1v) is 8.40. The Hall–Kier alpha value is 1.17. The maximum Gasteiger partial charge on any atom is 0.349 e. The molecule has 0 aromatic carbocycles. The van der Waals surface area contributed by atoms with Crippen molar-refractivity contribution in [2.45, 2.75) is 23.0 Å². The molecule has 0 amide bonds. The molecule has 1 saturated carbocycles. The molecule has 1 aliphatic carbocycles. The van der Waals surface area contributed by atoms with Gasteiger partial charge in [0, 0.05) is 6.42 Å². The average Bonchev–Trinajstić information content (AvgIpc) is 1.81. The summed E-state index contributed by atoms with van der Waals surface area (Å²) >= 11 is 21.0. The van der Waals surface area contributed by atoms with Gasteiger partial charge < -0.3 is 0 Å². The van der Waals surface area contributed by atoms with E-state index in [9.17, 15) is 13.2 Å². The van der Waals surface area contributed by atoms with Gasteiger partial charge in [0.2, 0.25) is 5.13 Å². The topological polar surface area (TPSA) is 0 Å². The van der Waals surface area contributed by atoms with Crippen LogP contribution in [0.25, 0.3) is 0 Å².